The maximum absolute atomic E-state index is 14.1. The maximum Gasteiger partial charge on any atom is 0.309 e. The fraction of sp³-hybridized carbons (Fsp3) is 0.818. The molecule has 0 amide bonds. The highest BCUT2D eigenvalue weighted by Crippen LogP contribution is 2.49. The van der Waals surface area contributed by atoms with E-state index in [1.165, 1.54) is 13.2 Å². The monoisotopic (exact) mass is 540 g/mol. The van der Waals surface area contributed by atoms with Crippen LogP contribution in [-0.2, 0) is 19.1 Å². The standard InChI is InChI=1S/C22H34FIO6/c1-3-4-6-16(23)18(25)10-9-13-14-11-20(17(24)7-5-8-21(26)27)30-19(14)12-15(13)22(28)29-2/h9-10,13-20,25H,3-8,11-12H2,1-2H3,(H,26,27)/b10-9+/t13-,14-,15?,16?,17?,18?,19?,20?/m1/s1. The highest BCUT2D eigenvalue weighted by atomic mass is 127. The van der Waals surface area contributed by atoms with Crippen molar-refractivity contribution in [3.63, 3.8) is 0 Å². The van der Waals surface area contributed by atoms with Crippen LogP contribution in [0, 0.1) is 17.8 Å². The molecule has 6 nitrogen and oxygen atoms in total. The number of aliphatic hydroxyl groups excluding tert-OH is 1. The highest BCUT2D eigenvalue weighted by Gasteiger charge is 2.52. The first-order valence-corrected chi connectivity index (χ1v) is 12.1. The first-order valence-electron chi connectivity index (χ1n) is 10.9. The Morgan fingerprint density at radius 2 is 2.03 bits per heavy atom. The number of carboxylic acids is 1. The summed E-state index contributed by atoms with van der Waals surface area (Å²) in [6.45, 7) is 1.98. The van der Waals surface area contributed by atoms with Crippen LogP contribution in [0.1, 0.15) is 58.3 Å². The van der Waals surface area contributed by atoms with Crippen molar-refractivity contribution in [3.05, 3.63) is 12.2 Å². The number of allylic oxidation sites excluding steroid dienone is 1. The average Bonchev–Trinajstić information content (AvgIpc) is 3.27. The molecule has 1 saturated carbocycles. The van der Waals surface area contributed by atoms with Gasteiger partial charge in [0.15, 0.2) is 0 Å². The summed E-state index contributed by atoms with van der Waals surface area (Å²) in [5.41, 5.74) is 0. The molecule has 0 bridgehead atoms. The second kappa shape index (κ2) is 12.3. The molecule has 172 valence electrons. The number of esters is 1. The van der Waals surface area contributed by atoms with Crippen molar-refractivity contribution in [2.24, 2.45) is 17.8 Å². The van der Waals surface area contributed by atoms with E-state index in [9.17, 15) is 19.1 Å². The number of alkyl halides is 2. The first kappa shape index (κ1) is 25.5. The third-order valence-electron chi connectivity index (χ3n) is 6.29. The molecule has 1 aliphatic carbocycles. The third kappa shape index (κ3) is 6.88. The smallest absolute Gasteiger partial charge is 0.309 e. The Hall–Kier alpha value is -0.740. The molecule has 2 N–H and O–H groups in total. The zero-order valence-corrected chi connectivity index (χ0v) is 19.9. The van der Waals surface area contributed by atoms with Crippen LogP contribution < -0.4 is 0 Å². The lowest BCUT2D eigenvalue weighted by Gasteiger charge is -2.22. The van der Waals surface area contributed by atoms with Crippen molar-refractivity contribution in [1.29, 1.82) is 0 Å². The molecule has 1 aliphatic heterocycles. The molecule has 0 aromatic rings. The molecule has 0 spiro atoms. The molecule has 2 aliphatic rings. The van der Waals surface area contributed by atoms with Crippen molar-refractivity contribution < 1.29 is 33.7 Å². The van der Waals surface area contributed by atoms with E-state index in [1.54, 1.807) is 6.08 Å². The van der Waals surface area contributed by atoms with Crippen molar-refractivity contribution in [1.82, 2.24) is 0 Å². The summed E-state index contributed by atoms with van der Waals surface area (Å²) in [6.07, 6.45) is 5.45. The van der Waals surface area contributed by atoms with E-state index in [0.29, 0.717) is 19.3 Å². The largest absolute Gasteiger partial charge is 0.481 e. The molecule has 8 atom stereocenters. The molecule has 30 heavy (non-hydrogen) atoms. The zero-order chi connectivity index (χ0) is 22.3. The van der Waals surface area contributed by atoms with Gasteiger partial charge in [0, 0.05) is 10.3 Å². The number of fused-ring (bicyclic) bond motifs is 1. The van der Waals surface area contributed by atoms with E-state index in [-0.39, 0.29) is 46.3 Å². The van der Waals surface area contributed by atoms with E-state index >= 15 is 0 Å². The molecular weight excluding hydrogens is 506 g/mol. The SMILES string of the molecule is CCCCC(F)C(O)/C=C/[C@H]1C(C(=O)OC)CC2OC(C(I)CCCC(=O)O)C[C@@H]21. The molecule has 0 aromatic carbocycles. The Morgan fingerprint density at radius 3 is 2.67 bits per heavy atom. The number of halogens is 2. The average molecular weight is 540 g/mol. The van der Waals surface area contributed by atoms with Crippen LogP contribution in [0.15, 0.2) is 12.2 Å². The topological polar surface area (TPSA) is 93.1 Å². The minimum Gasteiger partial charge on any atom is -0.481 e. The van der Waals surface area contributed by atoms with Gasteiger partial charge in [-0.2, -0.15) is 0 Å². The summed E-state index contributed by atoms with van der Waals surface area (Å²) in [5, 5.41) is 19.0. The van der Waals surface area contributed by atoms with E-state index in [2.05, 4.69) is 22.6 Å². The van der Waals surface area contributed by atoms with Crippen LogP contribution in [0.2, 0.25) is 0 Å². The number of aliphatic carboxylic acids is 1. The van der Waals surface area contributed by atoms with Crippen LogP contribution in [0.5, 0.6) is 0 Å². The van der Waals surface area contributed by atoms with Crippen LogP contribution in [0.4, 0.5) is 4.39 Å². The van der Waals surface area contributed by atoms with Crippen molar-refractivity contribution >= 4 is 34.5 Å². The molecular formula is C22H34FIO6. The summed E-state index contributed by atoms with van der Waals surface area (Å²) in [4.78, 5) is 23.0. The molecule has 2 rings (SSSR count). The lowest BCUT2D eigenvalue weighted by molar-refractivity contribution is -0.146. The van der Waals surface area contributed by atoms with Crippen LogP contribution in [-0.4, -0.2) is 57.7 Å². The number of hydrogen-bond donors (Lipinski definition) is 2. The Kier molecular flexibility index (Phi) is 10.5. The van der Waals surface area contributed by atoms with Gasteiger partial charge in [0.25, 0.3) is 0 Å². The van der Waals surface area contributed by atoms with Gasteiger partial charge in [-0.3, -0.25) is 9.59 Å². The number of carboxylic acid groups (broad SMARTS) is 1. The van der Waals surface area contributed by atoms with Crippen molar-refractivity contribution in [3.8, 4) is 0 Å². The lowest BCUT2D eigenvalue weighted by atomic mass is 9.85. The predicted molar refractivity (Wildman–Crippen MR) is 119 cm³/mol. The highest BCUT2D eigenvalue weighted by molar-refractivity contribution is 14.1. The van der Waals surface area contributed by atoms with Crippen LogP contribution >= 0.6 is 22.6 Å². The summed E-state index contributed by atoms with van der Waals surface area (Å²) >= 11 is 2.32. The maximum atomic E-state index is 14.1. The molecule has 6 unspecified atom stereocenters. The summed E-state index contributed by atoms with van der Waals surface area (Å²) in [6, 6.07) is 0. The Bertz CT molecular complexity index is 600. The number of aliphatic hydroxyl groups is 1. The van der Waals surface area contributed by atoms with E-state index in [4.69, 9.17) is 14.6 Å². The number of unbranched alkanes of at least 4 members (excludes halogenated alkanes) is 1. The van der Waals surface area contributed by atoms with Gasteiger partial charge in [0.05, 0.1) is 25.2 Å². The lowest BCUT2D eigenvalue weighted by Crippen LogP contribution is -2.27. The zero-order valence-electron chi connectivity index (χ0n) is 17.7. The Balaban J connectivity index is 2.01. The molecule has 0 aromatic heterocycles. The molecule has 8 heteroatoms. The number of ether oxygens (including phenoxy) is 2. The van der Waals surface area contributed by atoms with Gasteiger partial charge in [-0.1, -0.05) is 54.5 Å². The van der Waals surface area contributed by atoms with E-state index < -0.39 is 18.2 Å². The minimum atomic E-state index is -1.31. The van der Waals surface area contributed by atoms with Crippen molar-refractivity contribution in [2.75, 3.05) is 7.11 Å². The summed E-state index contributed by atoms with van der Waals surface area (Å²) in [7, 11) is 1.36. The van der Waals surface area contributed by atoms with Gasteiger partial charge >= 0.3 is 11.9 Å². The molecule has 0 radical (unpaired) electrons. The number of rotatable bonds is 12. The Morgan fingerprint density at radius 1 is 1.30 bits per heavy atom. The van der Waals surface area contributed by atoms with Gasteiger partial charge in [0.1, 0.15) is 12.3 Å². The second-order valence-electron chi connectivity index (χ2n) is 8.39. The number of methoxy groups -OCH3 is 1. The van der Waals surface area contributed by atoms with E-state index in [1.807, 2.05) is 6.92 Å². The van der Waals surface area contributed by atoms with Crippen LogP contribution in [0.3, 0.4) is 0 Å². The van der Waals surface area contributed by atoms with Crippen molar-refractivity contribution in [2.45, 2.75) is 86.7 Å². The van der Waals surface area contributed by atoms with Gasteiger partial charge in [0.2, 0.25) is 0 Å². The number of hydrogen-bond acceptors (Lipinski definition) is 5. The molecule has 1 heterocycles. The van der Waals surface area contributed by atoms with E-state index in [0.717, 1.165) is 25.7 Å². The van der Waals surface area contributed by atoms with Crippen LogP contribution in [0.25, 0.3) is 0 Å². The summed E-state index contributed by atoms with van der Waals surface area (Å²) in [5.74, 6) is -1.51. The Labute approximate surface area is 191 Å². The van der Waals surface area contributed by atoms with Gasteiger partial charge < -0.3 is 19.7 Å². The minimum absolute atomic E-state index is 0.00675. The fourth-order valence-electron chi connectivity index (χ4n) is 4.62. The molecule has 1 saturated heterocycles. The van der Waals surface area contributed by atoms with Gasteiger partial charge in [-0.05, 0) is 43.9 Å². The first-order chi connectivity index (χ1) is 14.3. The quantitative estimate of drug-likeness (QED) is 0.168. The predicted octanol–water partition coefficient (Wildman–Crippen LogP) is 4.07. The summed E-state index contributed by atoms with van der Waals surface area (Å²) < 4.78 is 25.5. The number of carbonyl (C=O) groups excluding carboxylic acids is 1. The third-order valence-corrected chi connectivity index (χ3v) is 7.71. The normalized spacial score (nSPS) is 31.4. The fourth-order valence-corrected chi connectivity index (χ4v) is 5.53. The second-order valence-corrected chi connectivity index (χ2v) is 9.99. The number of carbonyl (C=O) groups is 2. The van der Waals surface area contributed by atoms with Gasteiger partial charge in [-0.25, -0.2) is 4.39 Å². The molecule has 2 fully saturated rings. The van der Waals surface area contributed by atoms with Gasteiger partial charge in [-0.15, -0.1) is 0 Å².